The van der Waals surface area contributed by atoms with Crippen LogP contribution >= 0.6 is 11.6 Å². The third-order valence-electron chi connectivity index (χ3n) is 4.03. The van der Waals surface area contributed by atoms with Gasteiger partial charge in [-0.25, -0.2) is 4.79 Å². The fourth-order valence-electron chi connectivity index (χ4n) is 2.55. The van der Waals surface area contributed by atoms with Crippen LogP contribution in [-0.4, -0.2) is 39.8 Å². The SMILES string of the molecule is CCCOc1ccc(C=CC(=O)Nc2cc(OC)c(C(=O)OC)cc2Cl)cc1OC. The Morgan fingerprint density at radius 1 is 1.03 bits per heavy atom. The van der Waals surface area contributed by atoms with Crippen molar-refractivity contribution in [3.05, 3.63) is 52.6 Å². The standard InChI is InChI=1S/C22H24ClNO6/c1-5-10-30-18-8-6-14(11-20(18)28-3)7-9-21(25)24-17-13-19(27-2)15(12-16(17)23)22(26)29-4/h6-9,11-13H,5,10H2,1-4H3,(H,24,25). The van der Waals surface area contributed by atoms with Gasteiger partial charge in [0.25, 0.3) is 0 Å². The number of nitrogens with one attached hydrogen (secondary N) is 1. The minimum atomic E-state index is -0.591. The van der Waals surface area contributed by atoms with E-state index in [2.05, 4.69) is 5.32 Å². The van der Waals surface area contributed by atoms with Crippen LogP contribution in [0.15, 0.2) is 36.4 Å². The first kappa shape index (κ1) is 23.1. The lowest BCUT2D eigenvalue weighted by atomic mass is 10.1. The van der Waals surface area contributed by atoms with E-state index in [1.165, 1.54) is 32.4 Å². The quantitative estimate of drug-likeness (QED) is 0.460. The van der Waals surface area contributed by atoms with Crippen LogP contribution in [0.5, 0.6) is 17.2 Å². The van der Waals surface area contributed by atoms with Gasteiger partial charge in [-0.1, -0.05) is 24.6 Å². The fraction of sp³-hybridized carbons (Fsp3) is 0.273. The third-order valence-corrected chi connectivity index (χ3v) is 4.34. The summed E-state index contributed by atoms with van der Waals surface area (Å²) in [5.41, 5.74) is 1.23. The van der Waals surface area contributed by atoms with Crippen molar-refractivity contribution in [1.82, 2.24) is 0 Å². The molecule has 7 nitrogen and oxygen atoms in total. The summed E-state index contributed by atoms with van der Waals surface area (Å²) < 4.78 is 20.8. The number of ether oxygens (including phenoxy) is 4. The molecule has 0 fully saturated rings. The van der Waals surface area contributed by atoms with E-state index in [0.29, 0.717) is 23.8 Å². The van der Waals surface area contributed by atoms with Crippen LogP contribution in [0.25, 0.3) is 6.08 Å². The lowest BCUT2D eigenvalue weighted by molar-refractivity contribution is -0.111. The molecule has 8 heteroatoms. The molecule has 0 aromatic heterocycles. The highest BCUT2D eigenvalue weighted by atomic mass is 35.5. The largest absolute Gasteiger partial charge is 0.496 e. The Hall–Kier alpha value is -3.19. The summed E-state index contributed by atoms with van der Waals surface area (Å²) in [6.07, 6.45) is 3.88. The van der Waals surface area contributed by atoms with Crippen molar-refractivity contribution in [2.75, 3.05) is 33.3 Å². The molecule has 0 bridgehead atoms. The molecule has 0 heterocycles. The van der Waals surface area contributed by atoms with Gasteiger partial charge >= 0.3 is 5.97 Å². The summed E-state index contributed by atoms with van der Waals surface area (Å²) in [5, 5.41) is 2.84. The Kier molecular flexibility index (Phi) is 8.55. The van der Waals surface area contributed by atoms with Gasteiger partial charge in [0.15, 0.2) is 11.5 Å². The molecular weight excluding hydrogens is 410 g/mol. The van der Waals surface area contributed by atoms with E-state index in [9.17, 15) is 9.59 Å². The molecule has 0 unspecified atom stereocenters. The molecule has 0 saturated heterocycles. The maximum atomic E-state index is 12.3. The zero-order valence-electron chi connectivity index (χ0n) is 17.3. The second-order valence-electron chi connectivity index (χ2n) is 6.11. The van der Waals surface area contributed by atoms with E-state index in [0.717, 1.165) is 12.0 Å². The van der Waals surface area contributed by atoms with Crippen molar-refractivity contribution in [2.24, 2.45) is 0 Å². The van der Waals surface area contributed by atoms with Crippen molar-refractivity contribution >= 4 is 35.2 Å². The zero-order chi connectivity index (χ0) is 22.1. The maximum absolute atomic E-state index is 12.3. The van der Waals surface area contributed by atoms with Gasteiger partial charge in [0.1, 0.15) is 11.3 Å². The van der Waals surface area contributed by atoms with Gasteiger partial charge in [-0.15, -0.1) is 0 Å². The smallest absolute Gasteiger partial charge is 0.341 e. The summed E-state index contributed by atoms with van der Waals surface area (Å²) in [4.78, 5) is 24.1. The maximum Gasteiger partial charge on any atom is 0.341 e. The molecule has 0 aliphatic heterocycles. The number of halogens is 1. The zero-order valence-corrected chi connectivity index (χ0v) is 18.0. The van der Waals surface area contributed by atoms with Crippen molar-refractivity contribution in [3.8, 4) is 17.2 Å². The van der Waals surface area contributed by atoms with Crippen LogP contribution in [0.4, 0.5) is 5.69 Å². The second kappa shape index (κ2) is 11.1. The number of carbonyl (C=O) groups is 2. The van der Waals surface area contributed by atoms with Gasteiger partial charge in [-0.3, -0.25) is 4.79 Å². The number of benzene rings is 2. The molecule has 30 heavy (non-hydrogen) atoms. The molecule has 0 aliphatic carbocycles. The van der Waals surface area contributed by atoms with Crippen molar-refractivity contribution in [1.29, 1.82) is 0 Å². The van der Waals surface area contributed by atoms with Crippen molar-refractivity contribution < 1.29 is 28.5 Å². The monoisotopic (exact) mass is 433 g/mol. The van der Waals surface area contributed by atoms with Gasteiger partial charge in [-0.05, 0) is 36.3 Å². The second-order valence-corrected chi connectivity index (χ2v) is 6.51. The number of hydrogen-bond acceptors (Lipinski definition) is 6. The predicted molar refractivity (Wildman–Crippen MR) is 116 cm³/mol. The van der Waals surface area contributed by atoms with Crippen LogP contribution in [-0.2, 0) is 9.53 Å². The molecule has 0 atom stereocenters. The van der Waals surface area contributed by atoms with Crippen LogP contribution in [0.3, 0.4) is 0 Å². The summed E-state index contributed by atoms with van der Waals surface area (Å²) in [6, 6.07) is 8.22. The molecule has 2 rings (SSSR count). The third kappa shape index (κ3) is 5.90. The summed E-state index contributed by atoms with van der Waals surface area (Å²) in [5.74, 6) is 0.461. The molecule has 0 saturated carbocycles. The number of anilines is 1. The fourth-order valence-corrected chi connectivity index (χ4v) is 2.76. The first-order chi connectivity index (χ1) is 14.4. The molecule has 2 aromatic carbocycles. The normalized spacial score (nSPS) is 10.6. The topological polar surface area (TPSA) is 83.1 Å². The lowest BCUT2D eigenvalue weighted by Crippen LogP contribution is -2.10. The van der Waals surface area contributed by atoms with Crippen molar-refractivity contribution in [2.45, 2.75) is 13.3 Å². The molecular formula is C22H24ClNO6. The van der Waals surface area contributed by atoms with Crippen LogP contribution in [0.2, 0.25) is 5.02 Å². The number of amides is 1. The lowest BCUT2D eigenvalue weighted by Gasteiger charge is -2.12. The molecule has 1 amide bonds. The summed E-state index contributed by atoms with van der Waals surface area (Å²) >= 11 is 6.19. The average molecular weight is 434 g/mol. The van der Waals surface area contributed by atoms with E-state index in [1.807, 2.05) is 13.0 Å². The van der Waals surface area contributed by atoms with Gasteiger partial charge in [0.05, 0.1) is 38.6 Å². The Morgan fingerprint density at radius 3 is 2.40 bits per heavy atom. The van der Waals surface area contributed by atoms with Gasteiger partial charge < -0.3 is 24.3 Å². The Labute approximate surface area is 180 Å². The van der Waals surface area contributed by atoms with Gasteiger partial charge in [0, 0.05) is 12.1 Å². The number of esters is 1. The highest BCUT2D eigenvalue weighted by Gasteiger charge is 2.17. The van der Waals surface area contributed by atoms with Crippen LogP contribution in [0.1, 0.15) is 29.3 Å². The number of methoxy groups -OCH3 is 3. The Morgan fingerprint density at radius 2 is 1.77 bits per heavy atom. The molecule has 0 spiro atoms. The minimum absolute atomic E-state index is 0.163. The number of carbonyl (C=O) groups excluding carboxylic acids is 2. The Bertz CT molecular complexity index is 941. The molecule has 160 valence electrons. The highest BCUT2D eigenvalue weighted by Crippen LogP contribution is 2.32. The van der Waals surface area contributed by atoms with Gasteiger partial charge in [0.2, 0.25) is 5.91 Å². The summed E-state index contributed by atoms with van der Waals surface area (Å²) in [7, 11) is 4.22. The minimum Gasteiger partial charge on any atom is -0.496 e. The first-order valence-corrected chi connectivity index (χ1v) is 9.57. The van der Waals surface area contributed by atoms with Crippen molar-refractivity contribution in [3.63, 3.8) is 0 Å². The average Bonchev–Trinajstić information content (AvgIpc) is 2.76. The van der Waals surface area contributed by atoms with E-state index < -0.39 is 11.9 Å². The van der Waals surface area contributed by atoms with E-state index in [-0.39, 0.29) is 16.3 Å². The molecule has 0 radical (unpaired) electrons. The number of hydrogen-bond donors (Lipinski definition) is 1. The van der Waals surface area contributed by atoms with Crippen LogP contribution < -0.4 is 19.5 Å². The van der Waals surface area contributed by atoms with E-state index >= 15 is 0 Å². The Balaban J connectivity index is 2.15. The molecule has 2 aromatic rings. The van der Waals surface area contributed by atoms with E-state index in [1.54, 1.807) is 25.3 Å². The first-order valence-electron chi connectivity index (χ1n) is 9.19. The molecule has 1 N–H and O–H groups in total. The van der Waals surface area contributed by atoms with E-state index in [4.69, 9.17) is 30.5 Å². The highest BCUT2D eigenvalue weighted by molar-refractivity contribution is 6.34. The van der Waals surface area contributed by atoms with Gasteiger partial charge in [-0.2, -0.15) is 0 Å². The van der Waals surface area contributed by atoms with Crippen LogP contribution in [0, 0.1) is 0 Å². The molecule has 0 aliphatic rings. The number of rotatable bonds is 9. The summed E-state index contributed by atoms with van der Waals surface area (Å²) in [6.45, 7) is 2.61. The predicted octanol–water partition coefficient (Wildman–Crippen LogP) is 4.58.